The quantitative estimate of drug-likeness (QED) is 0.891. The van der Waals surface area contributed by atoms with Gasteiger partial charge in [0.05, 0.1) is 10.2 Å². The lowest BCUT2D eigenvalue weighted by molar-refractivity contribution is 0.866. The molecule has 0 spiro atoms. The van der Waals surface area contributed by atoms with E-state index in [4.69, 9.17) is 5.73 Å². The molecule has 0 aliphatic heterocycles. The molecule has 0 aliphatic rings. The number of nitrogens with one attached hydrogen (secondary N) is 1. The van der Waals surface area contributed by atoms with Crippen molar-refractivity contribution in [3.8, 4) is 11.6 Å². The molecule has 0 bridgehead atoms. The Bertz CT molecular complexity index is 481. The maximum atomic E-state index is 5.80. The molecule has 16 heavy (non-hydrogen) atoms. The van der Waals surface area contributed by atoms with Gasteiger partial charge in [-0.1, -0.05) is 13.3 Å². The maximum absolute atomic E-state index is 5.80. The molecule has 6 nitrogen and oxygen atoms in total. The molecule has 7 heteroatoms. The predicted molar refractivity (Wildman–Crippen MR) is 63.5 cm³/mol. The van der Waals surface area contributed by atoms with Crippen LogP contribution < -0.4 is 5.73 Å². The normalized spacial score (nSPS) is 10.6. The van der Waals surface area contributed by atoms with Crippen LogP contribution in [0.3, 0.4) is 0 Å². The fourth-order valence-electron chi connectivity index (χ4n) is 1.33. The Morgan fingerprint density at radius 3 is 2.88 bits per heavy atom. The fourth-order valence-corrected chi connectivity index (χ4v) is 1.71. The van der Waals surface area contributed by atoms with E-state index in [9.17, 15) is 0 Å². The second-order valence-electron chi connectivity index (χ2n) is 3.28. The fraction of sp³-hybridized carbons (Fsp3) is 0.333. The van der Waals surface area contributed by atoms with Gasteiger partial charge in [-0.2, -0.15) is 5.10 Å². The lowest BCUT2D eigenvalue weighted by Gasteiger charge is -2.06. The Morgan fingerprint density at radius 2 is 2.25 bits per heavy atom. The number of anilines is 1. The van der Waals surface area contributed by atoms with Crippen molar-refractivity contribution in [3.05, 3.63) is 16.5 Å². The highest BCUT2D eigenvalue weighted by Crippen LogP contribution is 2.24. The smallest absolute Gasteiger partial charge is 0.199 e. The lowest BCUT2D eigenvalue weighted by atomic mass is 10.2. The summed E-state index contributed by atoms with van der Waals surface area (Å²) in [6.45, 7) is 2.08. The van der Waals surface area contributed by atoms with Gasteiger partial charge in [0, 0.05) is 0 Å². The number of aromatic amines is 1. The van der Waals surface area contributed by atoms with Crippen LogP contribution in [0.1, 0.15) is 19.0 Å². The van der Waals surface area contributed by atoms with Crippen molar-refractivity contribution in [3.63, 3.8) is 0 Å². The summed E-state index contributed by atoms with van der Waals surface area (Å²) in [5, 5.41) is 6.47. The second-order valence-corrected chi connectivity index (χ2v) is 4.07. The van der Waals surface area contributed by atoms with Crippen molar-refractivity contribution in [2.45, 2.75) is 19.8 Å². The molecule has 2 rings (SSSR count). The van der Waals surface area contributed by atoms with Gasteiger partial charge in [0.2, 0.25) is 0 Å². The first-order chi connectivity index (χ1) is 7.72. The summed E-state index contributed by atoms with van der Waals surface area (Å²) in [4.78, 5) is 12.5. The zero-order chi connectivity index (χ0) is 11.5. The van der Waals surface area contributed by atoms with Gasteiger partial charge in [-0.25, -0.2) is 15.0 Å². The molecule has 0 saturated heterocycles. The van der Waals surface area contributed by atoms with E-state index in [0.717, 1.165) is 23.0 Å². The number of H-pyrrole nitrogens is 1. The Hall–Kier alpha value is -1.50. The van der Waals surface area contributed by atoms with Crippen molar-refractivity contribution in [1.82, 2.24) is 25.1 Å². The van der Waals surface area contributed by atoms with Gasteiger partial charge >= 0.3 is 0 Å². The molecule has 0 aromatic carbocycles. The molecular formula is C9H11BrN6. The van der Waals surface area contributed by atoms with E-state index in [1.807, 2.05) is 0 Å². The van der Waals surface area contributed by atoms with Crippen molar-refractivity contribution >= 4 is 21.7 Å². The number of aromatic nitrogens is 5. The Balaban J connectivity index is 2.48. The topological polar surface area (TPSA) is 93.4 Å². The van der Waals surface area contributed by atoms with E-state index < -0.39 is 0 Å². The zero-order valence-corrected chi connectivity index (χ0v) is 10.3. The number of aryl methyl sites for hydroxylation is 1. The molecule has 2 aromatic heterocycles. The van der Waals surface area contributed by atoms with Crippen LogP contribution in [0.4, 0.5) is 5.82 Å². The van der Waals surface area contributed by atoms with Crippen LogP contribution in [-0.2, 0) is 6.42 Å². The molecule has 0 amide bonds. The van der Waals surface area contributed by atoms with Gasteiger partial charge in [0.25, 0.3) is 0 Å². The molecule has 0 atom stereocenters. The van der Waals surface area contributed by atoms with E-state index in [-0.39, 0.29) is 0 Å². The molecular weight excluding hydrogens is 272 g/mol. The van der Waals surface area contributed by atoms with E-state index in [2.05, 4.69) is 48.0 Å². The monoisotopic (exact) mass is 282 g/mol. The van der Waals surface area contributed by atoms with Gasteiger partial charge in [0.1, 0.15) is 12.1 Å². The van der Waals surface area contributed by atoms with Gasteiger partial charge in [-0.05, 0) is 22.4 Å². The lowest BCUT2D eigenvalue weighted by Crippen LogP contribution is -2.03. The number of hydrogen-bond donors (Lipinski definition) is 2. The van der Waals surface area contributed by atoms with E-state index in [0.29, 0.717) is 17.5 Å². The average Bonchev–Trinajstić information content (AvgIpc) is 2.78. The number of nitrogens with two attached hydrogens (primary N) is 1. The molecule has 0 aliphatic carbocycles. The molecule has 2 heterocycles. The number of nitrogen functional groups attached to an aromatic ring is 1. The maximum Gasteiger partial charge on any atom is 0.199 e. The first-order valence-electron chi connectivity index (χ1n) is 4.90. The molecule has 84 valence electrons. The van der Waals surface area contributed by atoms with Gasteiger partial charge in [-0.15, -0.1) is 0 Å². The summed E-state index contributed by atoms with van der Waals surface area (Å²) in [6.07, 6.45) is 3.25. The van der Waals surface area contributed by atoms with Crippen molar-refractivity contribution in [2.75, 3.05) is 5.73 Å². The van der Waals surface area contributed by atoms with Crippen LogP contribution in [0.25, 0.3) is 11.6 Å². The van der Waals surface area contributed by atoms with Gasteiger partial charge in [-0.3, -0.25) is 5.10 Å². The first-order valence-corrected chi connectivity index (χ1v) is 5.69. The molecule has 0 radical (unpaired) electrons. The Labute approximate surface area is 101 Å². The third-order valence-electron chi connectivity index (χ3n) is 2.06. The second kappa shape index (κ2) is 4.56. The highest BCUT2D eigenvalue weighted by atomic mass is 79.9. The van der Waals surface area contributed by atoms with Gasteiger partial charge < -0.3 is 5.73 Å². The SMILES string of the molecule is CCCc1nc(-c2ncn[nH]2)nc(N)c1Br. The highest BCUT2D eigenvalue weighted by Gasteiger charge is 2.12. The number of halogens is 1. The molecule has 2 aromatic rings. The van der Waals surface area contributed by atoms with Crippen molar-refractivity contribution < 1.29 is 0 Å². The number of rotatable bonds is 3. The first kappa shape index (κ1) is 11.0. The van der Waals surface area contributed by atoms with Crippen LogP contribution >= 0.6 is 15.9 Å². The van der Waals surface area contributed by atoms with E-state index in [1.54, 1.807) is 0 Å². The standard InChI is InChI=1S/C9H11BrN6/c1-2-3-5-6(10)7(11)15-9(14-5)8-12-4-13-16-8/h4H,2-3H2,1H3,(H2,11,14,15)(H,12,13,16). The summed E-state index contributed by atoms with van der Waals surface area (Å²) < 4.78 is 0.762. The molecule has 0 unspecified atom stereocenters. The van der Waals surface area contributed by atoms with Crippen LogP contribution in [0.15, 0.2) is 10.8 Å². The van der Waals surface area contributed by atoms with Gasteiger partial charge in [0.15, 0.2) is 11.6 Å². The average molecular weight is 283 g/mol. The van der Waals surface area contributed by atoms with E-state index in [1.165, 1.54) is 6.33 Å². The summed E-state index contributed by atoms with van der Waals surface area (Å²) in [5.74, 6) is 1.42. The molecule has 0 saturated carbocycles. The zero-order valence-electron chi connectivity index (χ0n) is 8.74. The predicted octanol–water partition coefficient (Wildman–Crippen LogP) is 1.56. The number of hydrogen-bond acceptors (Lipinski definition) is 5. The van der Waals surface area contributed by atoms with Crippen LogP contribution in [0.2, 0.25) is 0 Å². The minimum Gasteiger partial charge on any atom is -0.383 e. The minimum absolute atomic E-state index is 0.421. The van der Waals surface area contributed by atoms with E-state index >= 15 is 0 Å². The molecule has 3 N–H and O–H groups in total. The Kier molecular flexibility index (Phi) is 3.14. The third-order valence-corrected chi connectivity index (χ3v) is 2.92. The molecule has 0 fully saturated rings. The van der Waals surface area contributed by atoms with Crippen molar-refractivity contribution in [2.24, 2.45) is 0 Å². The largest absolute Gasteiger partial charge is 0.383 e. The summed E-state index contributed by atoms with van der Waals surface area (Å²) in [6, 6.07) is 0. The van der Waals surface area contributed by atoms with Crippen LogP contribution in [-0.4, -0.2) is 25.1 Å². The summed E-state index contributed by atoms with van der Waals surface area (Å²) in [5.41, 5.74) is 6.69. The van der Waals surface area contributed by atoms with Crippen LogP contribution in [0, 0.1) is 0 Å². The Morgan fingerprint density at radius 1 is 1.44 bits per heavy atom. The highest BCUT2D eigenvalue weighted by molar-refractivity contribution is 9.10. The summed E-state index contributed by atoms with van der Waals surface area (Å²) in [7, 11) is 0. The summed E-state index contributed by atoms with van der Waals surface area (Å²) >= 11 is 3.38. The third kappa shape index (κ3) is 2.04. The number of nitrogens with zero attached hydrogens (tertiary/aromatic N) is 4. The van der Waals surface area contributed by atoms with Crippen LogP contribution in [0.5, 0.6) is 0 Å². The minimum atomic E-state index is 0.421. The van der Waals surface area contributed by atoms with Crippen molar-refractivity contribution in [1.29, 1.82) is 0 Å².